The van der Waals surface area contributed by atoms with Gasteiger partial charge >= 0.3 is 0 Å². The second kappa shape index (κ2) is 9.35. The van der Waals surface area contributed by atoms with E-state index >= 15 is 0 Å². The van der Waals surface area contributed by atoms with Gasteiger partial charge in [0.05, 0.1) is 0 Å². The SMILES string of the molecule is C=CN(C)/C(=C\C)c1ccc2cnc(NC(=C)c3ccc(CC(F)F)cc3)cc2c1. The van der Waals surface area contributed by atoms with E-state index in [9.17, 15) is 8.78 Å². The van der Waals surface area contributed by atoms with Gasteiger partial charge in [0.25, 0.3) is 0 Å². The number of fused-ring (bicyclic) bond motifs is 1. The first-order chi connectivity index (χ1) is 14.4. The molecular formula is C25H25F2N3. The third-order valence-electron chi connectivity index (χ3n) is 4.92. The van der Waals surface area contributed by atoms with Crippen molar-refractivity contribution in [2.24, 2.45) is 0 Å². The largest absolute Gasteiger partial charge is 0.351 e. The van der Waals surface area contributed by atoms with Gasteiger partial charge < -0.3 is 10.2 Å². The van der Waals surface area contributed by atoms with E-state index in [0.29, 0.717) is 17.1 Å². The van der Waals surface area contributed by atoms with Crippen molar-refractivity contribution in [2.75, 3.05) is 12.4 Å². The van der Waals surface area contributed by atoms with Crippen LogP contribution in [0.1, 0.15) is 23.6 Å². The second-order valence-electron chi connectivity index (χ2n) is 6.99. The van der Waals surface area contributed by atoms with Gasteiger partial charge in [0.2, 0.25) is 6.43 Å². The minimum absolute atomic E-state index is 0.246. The Bertz CT molecular complexity index is 1090. The number of hydrogen-bond acceptors (Lipinski definition) is 3. The Morgan fingerprint density at radius 1 is 1.10 bits per heavy atom. The summed E-state index contributed by atoms with van der Waals surface area (Å²) in [6.45, 7) is 9.88. The average Bonchev–Trinajstić information content (AvgIpc) is 2.74. The standard InChI is InChI=1S/C25H25F2N3/c1-5-23(30(4)6-2)20-11-12-21-16-28-25(15-22(21)14-20)29-17(3)19-9-7-18(8-10-19)13-24(26)27/h5-12,14-16,24H,2-3,13H2,1,4H3,(H,28,29)/b23-5-. The predicted octanol–water partition coefficient (Wildman–Crippen LogP) is 6.56. The van der Waals surface area contributed by atoms with Crippen molar-refractivity contribution in [1.82, 2.24) is 9.88 Å². The Balaban J connectivity index is 1.82. The highest BCUT2D eigenvalue weighted by Gasteiger charge is 2.08. The van der Waals surface area contributed by atoms with E-state index < -0.39 is 6.43 Å². The van der Waals surface area contributed by atoms with Crippen molar-refractivity contribution >= 4 is 28.0 Å². The van der Waals surface area contributed by atoms with Gasteiger partial charge in [-0.15, -0.1) is 0 Å². The Hall–Kier alpha value is -3.47. The van der Waals surface area contributed by atoms with Crippen LogP contribution >= 0.6 is 0 Å². The molecule has 0 aliphatic carbocycles. The molecule has 30 heavy (non-hydrogen) atoms. The molecule has 0 spiro atoms. The lowest BCUT2D eigenvalue weighted by molar-refractivity contribution is 0.149. The highest BCUT2D eigenvalue weighted by molar-refractivity contribution is 5.88. The average molecular weight is 405 g/mol. The maximum atomic E-state index is 12.5. The number of nitrogens with zero attached hydrogens (tertiary/aromatic N) is 2. The van der Waals surface area contributed by atoms with Crippen molar-refractivity contribution < 1.29 is 8.78 Å². The van der Waals surface area contributed by atoms with Crippen molar-refractivity contribution in [3.8, 4) is 0 Å². The fourth-order valence-corrected chi connectivity index (χ4v) is 3.29. The lowest BCUT2D eigenvalue weighted by Gasteiger charge is -2.18. The number of aromatic nitrogens is 1. The van der Waals surface area contributed by atoms with Gasteiger partial charge in [0.1, 0.15) is 5.82 Å². The number of alkyl halides is 2. The molecule has 0 saturated carbocycles. The van der Waals surface area contributed by atoms with Crippen LogP contribution in [0.4, 0.5) is 14.6 Å². The summed E-state index contributed by atoms with van der Waals surface area (Å²) >= 11 is 0. The van der Waals surface area contributed by atoms with Gasteiger partial charge in [-0.25, -0.2) is 13.8 Å². The molecule has 1 aromatic heterocycles. The van der Waals surface area contributed by atoms with E-state index in [1.54, 1.807) is 30.5 Å². The molecule has 0 aliphatic rings. The predicted molar refractivity (Wildman–Crippen MR) is 122 cm³/mol. The minimum Gasteiger partial charge on any atom is -0.351 e. The monoisotopic (exact) mass is 405 g/mol. The van der Waals surface area contributed by atoms with Crippen LogP contribution in [0.5, 0.6) is 0 Å². The summed E-state index contributed by atoms with van der Waals surface area (Å²) in [5.41, 5.74) is 4.22. The molecular weight excluding hydrogens is 380 g/mol. The molecule has 0 bridgehead atoms. The molecule has 1 N–H and O–H groups in total. The molecule has 0 amide bonds. The lowest BCUT2D eigenvalue weighted by atomic mass is 10.1. The quantitative estimate of drug-likeness (QED) is 0.460. The van der Waals surface area contributed by atoms with E-state index in [-0.39, 0.29) is 6.42 Å². The molecule has 0 radical (unpaired) electrons. The molecule has 0 saturated heterocycles. The van der Waals surface area contributed by atoms with Crippen LogP contribution in [0.3, 0.4) is 0 Å². The third kappa shape index (κ3) is 4.92. The van der Waals surface area contributed by atoms with Crippen molar-refractivity contribution in [3.05, 3.63) is 96.9 Å². The molecule has 0 aliphatic heterocycles. The third-order valence-corrected chi connectivity index (χ3v) is 4.92. The first kappa shape index (κ1) is 21.2. The van der Waals surface area contributed by atoms with Crippen LogP contribution in [0.2, 0.25) is 0 Å². The van der Waals surface area contributed by atoms with Crippen molar-refractivity contribution in [3.63, 3.8) is 0 Å². The van der Waals surface area contributed by atoms with Crippen molar-refractivity contribution in [1.29, 1.82) is 0 Å². The number of pyridine rings is 1. The van der Waals surface area contributed by atoms with Crippen LogP contribution in [0.25, 0.3) is 22.2 Å². The Labute approximate surface area is 176 Å². The summed E-state index contributed by atoms with van der Waals surface area (Å²) in [5.74, 6) is 0.667. The first-order valence-corrected chi connectivity index (χ1v) is 9.66. The summed E-state index contributed by atoms with van der Waals surface area (Å²) in [6.07, 6.45) is 3.04. The van der Waals surface area contributed by atoms with E-state index in [1.807, 2.05) is 43.3 Å². The molecule has 2 aromatic carbocycles. The molecule has 3 nitrogen and oxygen atoms in total. The van der Waals surface area contributed by atoms with Gasteiger partial charge in [0, 0.05) is 36.4 Å². The summed E-state index contributed by atoms with van der Waals surface area (Å²) in [5, 5.41) is 5.29. The molecule has 0 atom stereocenters. The molecule has 0 unspecified atom stereocenters. The zero-order chi connectivity index (χ0) is 21.7. The van der Waals surface area contributed by atoms with Gasteiger partial charge in [-0.05, 0) is 47.3 Å². The summed E-state index contributed by atoms with van der Waals surface area (Å²) in [4.78, 5) is 6.44. The Kier molecular flexibility index (Phi) is 6.62. The van der Waals surface area contributed by atoms with Crippen LogP contribution in [0, 0.1) is 0 Å². The second-order valence-corrected chi connectivity index (χ2v) is 6.99. The number of halogens is 2. The summed E-state index contributed by atoms with van der Waals surface area (Å²) < 4.78 is 25.0. The maximum Gasteiger partial charge on any atom is 0.242 e. The molecule has 5 heteroatoms. The minimum atomic E-state index is -2.35. The van der Waals surface area contributed by atoms with Crippen LogP contribution in [0.15, 0.2) is 80.2 Å². The van der Waals surface area contributed by atoms with E-state index in [0.717, 1.165) is 27.6 Å². The number of benzene rings is 2. The Morgan fingerprint density at radius 3 is 2.43 bits per heavy atom. The number of hydrogen-bond donors (Lipinski definition) is 1. The van der Waals surface area contributed by atoms with E-state index in [2.05, 4.69) is 35.6 Å². The lowest BCUT2D eigenvalue weighted by Crippen LogP contribution is -2.08. The van der Waals surface area contributed by atoms with Crippen LogP contribution in [-0.2, 0) is 6.42 Å². The van der Waals surface area contributed by atoms with Crippen LogP contribution < -0.4 is 5.32 Å². The van der Waals surface area contributed by atoms with E-state index in [1.165, 1.54) is 0 Å². The van der Waals surface area contributed by atoms with Gasteiger partial charge in [0.15, 0.2) is 0 Å². The summed E-state index contributed by atoms with van der Waals surface area (Å²) in [7, 11) is 1.96. The molecule has 1 heterocycles. The number of allylic oxidation sites excluding steroid dienone is 1. The smallest absolute Gasteiger partial charge is 0.242 e. The fourth-order valence-electron chi connectivity index (χ4n) is 3.29. The van der Waals surface area contributed by atoms with E-state index in [4.69, 9.17) is 0 Å². The highest BCUT2D eigenvalue weighted by Crippen LogP contribution is 2.26. The topological polar surface area (TPSA) is 28.2 Å². The van der Waals surface area contributed by atoms with Crippen LogP contribution in [-0.4, -0.2) is 23.4 Å². The number of rotatable bonds is 8. The molecule has 154 valence electrons. The number of nitrogens with one attached hydrogen (secondary N) is 1. The summed E-state index contributed by atoms with van der Waals surface area (Å²) in [6, 6.07) is 15.2. The van der Waals surface area contributed by atoms with Gasteiger partial charge in [-0.1, -0.05) is 55.6 Å². The number of anilines is 1. The maximum absolute atomic E-state index is 12.5. The zero-order valence-corrected chi connectivity index (χ0v) is 17.2. The molecule has 3 rings (SSSR count). The van der Waals surface area contributed by atoms with Gasteiger partial charge in [-0.3, -0.25) is 0 Å². The first-order valence-electron chi connectivity index (χ1n) is 9.66. The normalized spacial score (nSPS) is 11.6. The molecule has 3 aromatic rings. The highest BCUT2D eigenvalue weighted by atomic mass is 19.3. The Morgan fingerprint density at radius 2 is 1.80 bits per heavy atom. The van der Waals surface area contributed by atoms with Gasteiger partial charge in [-0.2, -0.15) is 0 Å². The zero-order valence-electron chi connectivity index (χ0n) is 17.2. The molecule has 0 fully saturated rings. The van der Waals surface area contributed by atoms with Crippen molar-refractivity contribution in [2.45, 2.75) is 19.8 Å². The fraction of sp³-hybridized carbons (Fsp3) is 0.160.